The SMILES string of the molecule is COC(=O)C(NCc1ccccc1)C1CC=CCC1. The van der Waals surface area contributed by atoms with Gasteiger partial charge in [0.15, 0.2) is 0 Å². The molecule has 0 saturated carbocycles. The molecule has 1 aliphatic carbocycles. The molecular formula is C16H21NO2. The van der Waals surface area contributed by atoms with Crippen LogP contribution >= 0.6 is 0 Å². The van der Waals surface area contributed by atoms with Gasteiger partial charge in [0.1, 0.15) is 6.04 Å². The van der Waals surface area contributed by atoms with Gasteiger partial charge in [-0.05, 0) is 30.7 Å². The molecule has 0 aromatic heterocycles. The van der Waals surface area contributed by atoms with E-state index < -0.39 is 0 Å². The number of allylic oxidation sites excluding steroid dienone is 2. The Bertz CT molecular complexity index is 428. The Labute approximate surface area is 114 Å². The molecule has 3 heteroatoms. The van der Waals surface area contributed by atoms with Crippen molar-refractivity contribution in [3.8, 4) is 0 Å². The van der Waals surface area contributed by atoms with E-state index in [0.717, 1.165) is 19.3 Å². The largest absolute Gasteiger partial charge is 0.468 e. The smallest absolute Gasteiger partial charge is 0.323 e. The third-order valence-corrected chi connectivity index (χ3v) is 3.61. The number of methoxy groups -OCH3 is 1. The van der Waals surface area contributed by atoms with Crippen LogP contribution in [-0.4, -0.2) is 19.1 Å². The van der Waals surface area contributed by atoms with E-state index in [4.69, 9.17) is 4.74 Å². The summed E-state index contributed by atoms with van der Waals surface area (Å²) in [5.74, 6) is 0.178. The fourth-order valence-electron chi connectivity index (χ4n) is 2.51. The molecule has 1 aromatic carbocycles. The van der Waals surface area contributed by atoms with E-state index in [1.807, 2.05) is 18.2 Å². The highest BCUT2D eigenvalue weighted by atomic mass is 16.5. The second kappa shape index (κ2) is 7.10. The summed E-state index contributed by atoms with van der Waals surface area (Å²) < 4.78 is 4.93. The zero-order chi connectivity index (χ0) is 13.5. The molecule has 3 nitrogen and oxygen atoms in total. The van der Waals surface area contributed by atoms with Crippen molar-refractivity contribution in [2.45, 2.75) is 31.8 Å². The summed E-state index contributed by atoms with van der Waals surface area (Å²) in [6.45, 7) is 0.695. The summed E-state index contributed by atoms with van der Waals surface area (Å²) in [5.41, 5.74) is 1.18. The van der Waals surface area contributed by atoms with Crippen molar-refractivity contribution in [3.63, 3.8) is 0 Å². The second-order valence-corrected chi connectivity index (χ2v) is 4.91. The standard InChI is InChI=1S/C16H21NO2/c1-19-16(18)15(14-10-6-3-7-11-14)17-12-13-8-4-2-5-9-13/h2-6,8-9,14-15,17H,7,10-12H2,1H3. The number of hydrogen-bond acceptors (Lipinski definition) is 3. The third kappa shape index (κ3) is 3.93. The van der Waals surface area contributed by atoms with Crippen LogP contribution in [0.5, 0.6) is 0 Å². The Morgan fingerprint density at radius 2 is 2.16 bits per heavy atom. The molecule has 1 aliphatic rings. The summed E-state index contributed by atoms with van der Waals surface area (Å²) >= 11 is 0. The summed E-state index contributed by atoms with van der Waals surface area (Å²) in [6.07, 6.45) is 7.38. The van der Waals surface area contributed by atoms with Gasteiger partial charge in [-0.25, -0.2) is 0 Å². The van der Waals surface area contributed by atoms with Crippen LogP contribution in [0.25, 0.3) is 0 Å². The van der Waals surface area contributed by atoms with Gasteiger partial charge in [-0.3, -0.25) is 4.79 Å². The number of hydrogen-bond donors (Lipinski definition) is 1. The van der Waals surface area contributed by atoms with E-state index in [9.17, 15) is 4.79 Å². The molecule has 0 saturated heterocycles. The van der Waals surface area contributed by atoms with Crippen LogP contribution in [0.15, 0.2) is 42.5 Å². The molecule has 19 heavy (non-hydrogen) atoms. The van der Waals surface area contributed by atoms with Crippen molar-refractivity contribution < 1.29 is 9.53 Å². The number of nitrogens with one attached hydrogen (secondary N) is 1. The lowest BCUT2D eigenvalue weighted by Gasteiger charge is -2.27. The average molecular weight is 259 g/mol. The van der Waals surface area contributed by atoms with Gasteiger partial charge in [0.05, 0.1) is 7.11 Å². The normalized spacial score (nSPS) is 19.9. The van der Waals surface area contributed by atoms with Crippen molar-refractivity contribution in [2.24, 2.45) is 5.92 Å². The van der Waals surface area contributed by atoms with Crippen LogP contribution in [0.2, 0.25) is 0 Å². The molecular weight excluding hydrogens is 238 g/mol. The molecule has 0 aliphatic heterocycles. The van der Waals surface area contributed by atoms with Gasteiger partial charge in [-0.2, -0.15) is 0 Å². The fraction of sp³-hybridized carbons (Fsp3) is 0.438. The molecule has 0 heterocycles. The lowest BCUT2D eigenvalue weighted by atomic mass is 9.87. The van der Waals surface area contributed by atoms with Gasteiger partial charge < -0.3 is 10.1 Å². The summed E-state index contributed by atoms with van der Waals surface area (Å²) in [5, 5.41) is 3.35. The van der Waals surface area contributed by atoms with Crippen LogP contribution in [0.3, 0.4) is 0 Å². The first-order chi connectivity index (χ1) is 9.31. The maximum absolute atomic E-state index is 11.9. The maximum Gasteiger partial charge on any atom is 0.323 e. The van der Waals surface area contributed by atoms with Gasteiger partial charge in [-0.15, -0.1) is 0 Å². The molecule has 0 spiro atoms. The van der Waals surface area contributed by atoms with Crippen LogP contribution < -0.4 is 5.32 Å². The maximum atomic E-state index is 11.9. The van der Waals surface area contributed by atoms with Gasteiger partial charge in [-0.1, -0.05) is 42.5 Å². The zero-order valence-electron chi connectivity index (χ0n) is 11.3. The lowest BCUT2D eigenvalue weighted by Crippen LogP contribution is -2.43. The molecule has 2 atom stereocenters. The number of benzene rings is 1. The van der Waals surface area contributed by atoms with Gasteiger partial charge in [0.25, 0.3) is 0 Å². The molecule has 2 rings (SSSR count). The van der Waals surface area contributed by atoms with E-state index in [0.29, 0.717) is 12.5 Å². The minimum Gasteiger partial charge on any atom is -0.468 e. The van der Waals surface area contributed by atoms with E-state index in [-0.39, 0.29) is 12.0 Å². The van der Waals surface area contributed by atoms with E-state index in [1.54, 1.807) is 0 Å². The average Bonchev–Trinajstić information content (AvgIpc) is 2.49. The molecule has 0 radical (unpaired) electrons. The molecule has 102 valence electrons. The monoisotopic (exact) mass is 259 g/mol. The summed E-state index contributed by atoms with van der Waals surface area (Å²) in [6, 6.07) is 9.91. The molecule has 0 bridgehead atoms. The fourth-order valence-corrected chi connectivity index (χ4v) is 2.51. The molecule has 0 fully saturated rings. The predicted molar refractivity (Wildman–Crippen MR) is 75.6 cm³/mol. The Morgan fingerprint density at radius 3 is 2.79 bits per heavy atom. The Balaban J connectivity index is 1.97. The summed E-state index contributed by atoms with van der Waals surface area (Å²) in [4.78, 5) is 11.9. The minimum absolute atomic E-state index is 0.156. The van der Waals surface area contributed by atoms with Crippen molar-refractivity contribution >= 4 is 5.97 Å². The Morgan fingerprint density at radius 1 is 1.37 bits per heavy atom. The number of rotatable bonds is 5. The van der Waals surface area contributed by atoms with Crippen LogP contribution in [0.4, 0.5) is 0 Å². The van der Waals surface area contributed by atoms with Crippen molar-refractivity contribution in [1.82, 2.24) is 5.32 Å². The topological polar surface area (TPSA) is 38.3 Å². The number of ether oxygens (including phenoxy) is 1. The highest BCUT2D eigenvalue weighted by Gasteiger charge is 2.28. The third-order valence-electron chi connectivity index (χ3n) is 3.61. The van der Waals surface area contributed by atoms with Crippen LogP contribution in [-0.2, 0) is 16.1 Å². The molecule has 2 unspecified atom stereocenters. The van der Waals surface area contributed by atoms with Crippen molar-refractivity contribution in [2.75, 3.05) is 7.11 Å². The first kappa shape index (κ1) is 13.8. The second-order valence-electron chi connectivity index (χ2n) is 4.91. The zero-order valence-corrected chi connectivity index (χ0v) is 11.3. The quantitative estimate of drug-likeness (QED) is 0.652. The van der Waals surface area contributed by atoms with Crippen molar-refractivity contribution in [1.29, 1.82) is 0 Å². The number of esters is 1. The molecule has 1 N–H and O–H groups in total. The Kier molecular flexibility index (Phi) is 5.16. The summed E-state index contributed by atoms with van der Waals surface area (Å²) in [7, 11) is 1.46. The molecule has 0 amide bonds. The molecule has 1 aromatic rings. The highest BCUT2D eigenvalue weighted by Crippen LogP contribution is 2.22. The van der Waals surface area contributed by atoms with Crippen molar-refractivity contribution in [3.05, 3.63) is 48.0 Å². The van der Waals surface area contributed by atoms with E-state index in [1.165, 1.54) is 12.7 Å². The van der Waals surface area contributed by atoms with Gasteiger partial charge in [0.2, 0.25) is 0 Å². The minimum atomic E-state index is -0.213. The van der Waals surface area contributed by atoms with Gasteiger partial charge >= 0.3 is 5.97 Å². The lowest BCUT2D eigenvalue weighted by molar-refractivity contribution is -0.144. The van der Waals surface area contributed by atoms with Crippen LogP contribution in [0, 0.1) is 5.92 Å². The first-order valence-corrected chi connectivity index (χ1v) is 6.81. The Hall–Kier alpha value is -1.61. The first-order valence-electron chi connectivity index (χ1n) is 6.81. The number of carbonyl (C=O) groups is 1. The predicted octanol–water partition coefficient (Wildman–Crippen LogP) is 2.67. The van der Waals surface area contributed by atoms with Gasteiger partial charge in [0, 0.05) is 6.54 Å². The van der Waals surface area contributed by atoms with E-state index in [2.05, 4.69) is 29.6 Å². The number of carbonyl (C=O) groups excluding carboxylic acids is 1. The highest BCUT2D eigenvalue weighted by molar-refractivity contribution is 5.76. The van der Waals surface area contributed by atoms with Crippen LogP contribution in [0.1, 0.15) is 24.8 Å². The van der Waals surface area contributed by atoms with E-state index >= 15 is 0 Å².